The van der Waals surface area contributed by atoms with Crippen LogP contribution in [0.5, 0.6) is 0 Å². The molecule has 0 radical (unpaired) electrons. The van der Waals surface area contributed by atoms with E-state index in [0.29, 0.717) is 16.4 Å². The van der Waals surface area contributed by atoms with Gasteiger partial charge in [0.05, 0.1) is 0 Å². The van der Waals surface area contributed by atoms with Crippen LogP contribution >= 0.6 is 23.4 Å². The van der Waals surface area contributed by atoms with Crippen molar-refractivity contribution in [3.63, 3.8) is 0 Å². The Kier molecular flexibility index (Phi) is 5.63. The molecule has 0 saturated heterocycles. The number of halogens is 1. The number of hydrogen-bond donors (Lipinski definition) is 2. The van der Waals surface area contributed by atoms with Crippen molar-refractivity contribution in [1.82, 2.24) is 14.9 Å². The fourth-order valence-electron chi connectivity index (χ4n) is 1.94. The maximum atomic E-state index is 12.1. The summed E-state index contributed by atoms with van der Waals surface area (Å²) in [6, 6.07) is 6.82. The average molecular weight is 366 g/mol. The average Bonchev–Trinajstić information content (AvgIpc) is 2.53. The van der Waals surface area contributed by atoms with Gasteiger partial charge >= 0.3 is 0 Å². The number of rotatable bonds is 5. The number of hydrogen-bond acceptors (Lipinski definition) is 6. The first-order valence-corrected chi connectivity index (χ1v) is 8.43. The Morgan fingerprint density at radius 3 is 2.58 bits per heavy atom. The lowest BCUT2D eigenvalue weighted by Gasteiger charge is -2.13. The van der Waals surface area contributed by atoms with Crippen LogP contribution in [0, 0.1) is 0 Å². The van der Waals surface area contributed by atoms with Crippen molar-refractivity contribution in [1.29, 1.82) is 0 Å². The summed E-state index contributed by atoms with van der Waals surface area (Å²) < 4.78 is 0. The molecule has 0 aliphatic rings. The van der Waals surface area contributed by atoms with Gasteiger partial charge in [0.15, 0.2) is 5.16 Å². The molecule has 2 aromatic rings. The number of thioether (sulfide) groups is 1. The molecular formula is C15H16ClN5O2S. The zero-order valence-corrected chi connectivity index (χ0v) is 14.9. The van der Waals surface area contributed by atoms with Gasteiger partial charge in [-0.05, 0) is 24.5 Å². The van der Waals surface area contributed by atoms with Gasteiger partial charge in [-0.2, -0.15) is 0 Å². The van der Waals surface area contributed by atoms with Gasteiger partial charge in [-0.25, -0.2) is 9.97 Å². The molecule has 1 aromatic carbocycles. The number of aromatic nitrogens is 2. The number of anilines is 2. The van der Waals surface area contributed by atoms with E-state index in [0.717, 1.165) is 0 Å². The number of carbonyl (C=O) groups excluding carboxylic acids is 2. The van der Waals surface area contributed by atoms with Gasteiger partial charge < -0.3 is 16.0 Å². The lowest BCUT2D eigenvalue weighted by Crippen LogP contribution is -2.21. The second-order valence-electron chi connectivity index (χ2n) is 4.99. The van der Waals surface area contributed by atoms with E-state index in [1.807, 2.05) is 0 Å². The van der Waals surface area contributed by atoms with Crippen LogP contribution in [0.1, 0.15) is 20.7 Å². The Morgan fingerprint density at radius 1 is 1.29 bits per heavy atom. The number of nitrogens with two attached hydrogens (primary N) is 1. The summed E-state index contributed by atoms with van der Waals surface area (Å²) in [5, 5.41) is 3.36. The largest absolute Gasteiger partial charge is 0.365 e. The summed E-state index contributed by atoms with van der Waals surface area (Å²) in [5.41, 5.74) is 6.44. The van der Waals surface area contributed by atoms with Gasteiger partial charge in [-0.1, -0.05) is 29.4 Å². The van der Waals surface area contributed by atoms with Crippen LogP contribution in [-0.4, -0.2) is 47.0 Å². The van der Waals surface area contributed by atoms with Crippen molar-refractivity contribution in [3.8, 4) is 0 Å². The lowest BCUT2D eigenvalue weighted by atomic mass is 10.1. The monoisotopic (exact) mass is 365 g/mol. The molecule has 126 valence electrons. The molecule has 3 N–H and O–H groups in total. The van der Waals surface area contributed by atoms with E-state index in [1.54, 1.807) is 44.6 Å². The second kappa shape index (κ2) is 7.50. The van der Waals surface area contributed by atoms with Crippen LogP contribution < -0.4 is 11.1 Å². The van der Waals surface area contributed by atoms with E-state index in [-0.39, 0.29) is 22.4 Å². The van der Waals surface area contributed by atoms with E-state index in [4.69, 9.17) is 17.3 Å². The fraction of sp³-hybridized carbons (Fsp3) is 0.200. The Bertz CT molecular complexity index is 797. The number of nitrogens with zero attached hydrogens (tertiary/aromatic N) is 3. The summed E-state index contributed by atoms with van der Waals surface area (Å²) in [6.07, 6.45) is 1.79. The molecule has 2 amide bonds. The molecule has 0 atom stereocenters. The molecule has 0 unspecified atom stereocenters. The zero-order valence-electron chi connectivity index (χ0n) is 13.3. The normalized spacial score (nSPS) is 10.3. The zero-order chi connectivity index (χ0) is 17.9. The molecular weight excluding hydrogens is 350 g/mol. The summed E-state index contributed by atoms with van der Waals surface area (Å²) in [6.45, 7) is 0. The molecule has 1 heterocycles. The van der Waals surface area contributed by atoms with E-state index in [9.17, 15) is 9.59 Å². The van der Waals surface area contributed by atoms with Gasteiger partial charge in [-0.15, -0.1) is 0 Å². The molecule has 2 rings (SSSR count). The van der Waals surface area contributed by atoms with Crippen LogP contribution in [0.15, 0.2) is 29.4 Å². The molecule has 0 spiro atoms. The third kappa shape index (κ3) is 3.95. The van der Waals surface area contributed by atoms with E-state index in [1.165, 1.54) is 16.7 Å². The van der Waals surface area contributed by atoms with Crippen molar-refractivity contribution >= 4 is 46.7 Å². The predicted molar refractivity (Wildman–Crippen MR) is 95.1 cm³/mol. The highest BCUT2D eigenvalue weighted by Crippen LogP contribution is 2.27. The van der Waals surface area contributed by atoms with Crippen molar-refractivity contribution in [3.05, 3.63) is 40.5 Å². The third-order valence-electron chi connectivity index (χ3n) is 3.05. The molecule has 0 fully saturated rings. The SMILES string of the molecule is CSc1nc(Cl)c(C(N)=O)c(Nc2cccc(C(=O)N(C)C)c2)n1. The van der Waals surface area contributed by atoms with Gasteiger partial charge in [0.1, 0.15) is 16.5 Å². The summed E-state index contributed by atoms with van der Waals surface area (Å²) >= 11 is 7.31. The summed E-state index contributed by atoms with van der Waals surface area (Å²) in [7, 11) is 3.34. The topological polar surface area (TPSA) is 101 Å². The van der Waals surface area contributed by atoms with Crippen LogP contribution in [0.3, 0.4) is 0 Å². The maximum absolute atomic E-state index is 12.1. The van der Waals surface area contributed by atoms with E-state index < -0.39 is 5.91 Å². The summed E-state index contributed by atoms with van der Waals surface area (Å²) in [5.74, 6) is -0.684. The van der Waals surface area contributed by atoms with Crippen LogP contribution in [-0.2, 0) is 0 Å². The number of amides is 2. The summed E-state index contributed by atoms with van der Waals surface area (Å²) in [4.78, 5) is 33.4. The molecule has 0 aliphatic carbocycles. The van der Waals surface area contributed by atoms with Crippen LogP contribution in [0.25, 0.3) is 0 Å². The Labute approximate surface area is 148 Å². The highest BCUT2D eigenvalue weighted by Gasteiger charge is 2.18. The van der Waals surface area contributed by atoms with Gasteiger partial charge in [-0.3, -0.25) is 9.59 Å². The molecule has 0 aliphatic heterocycles. The molecule has 9 heteroatoms. The van der Waals surface area contributed by atoms with Crippen molar-refractivity contribution in [2.45, 2.75) is 5.16 Å². The first-order valence-electron chi connectivity index (χ1n) is 6.83. The number of primary amides is 1. The minimum atomic E-state index is -0.740. The van der Waals surface area contributed by atoms with Crippen LogP contribution in [0.2, 0.25) is 5.15 Å². The second-order valence-corrected chi connectivity index (χ2v) is 6.13. The predicted octanol–water partition coefficient (Wildman–Crippen LogP) is 2.40. The smallest absolute Gasteiger partial charge is 0.255 e. The molecule has 24 heavy (non-hydrogen) atoms. The number of benzene rings is 1. The lowest BCUT2D eigenvalue weighted by molar-refractivity contribution is 0.0827. The Morgan fingerprint density at radius 2 is 2.00 bits per heavy atom. The van der Waals surface area contributed by atoms with Crippen molar-refractivity contribution < 1.29 is 9.59 Å². The van der Waals surface area contributed by atoms with E-state index in [2.05, 4.69) is 15.3 Å². The van der Waals surface area contributed by atoms with Gasteiger partial charge in [0, 0.05) is 25.3 Å². The molecule has 1 aromatic heterocycles. The first-order chi connectivity index (χ1) is 11.3. The standard InChI is InChI=1S/C15H16ClN5O2S/c1-21(2)14(23)8-5-4-6-9(7-8)18-13-10(12(17)22)11(16)19-15(20-13)24-3/h4-7H,1-3H3,(H2,17,22)(H,18,19,20). The Balaban J connectivity index is 2.44. The van der Waals surface area contributed by atoms with Crippen molar-refractivity contribution in [2.24, 2.45) is 5.73 Å². The Hall–Kier alpha value is -2.32. The number of carbonyl (C=O) groups is 2. The minimum Gasteiger partial charge on any atom is -0.365 e. The fourth-order valence-corrected chi connectivity index (χ4v) is 2.62. The maximum Gasteiger partial charge on any atom is 0.255 e. The van der Waals surface area contributed by atoms with Crippen LogP contribution in [0.4, 0.5) is 11.5 Å². The molecule has 7 nitrogen and oxygen atoms in total. The highest BCUT2D eigenvalue weighted by molar-refractivity contribution is 7.98. The van der Waals surface area contributed by atoms with E-state index >= 15 is 0 Å². The van der Waals surface area contributed by atoms with Gasteiger partial charge in [0.25, 0.3) is 11.8 Å². The third-order valence-corrected chi connectivity index (χ3v) is 3.87. The quantitative estimate of drug-likeness (QED) is 0.479. The van der Waals surface area contributed by atoms with Gasteiger partial charge in [0.2, 0.25) is 0 Å². The van der Waals surface area contributed by atoms with Crippen molar-refractivity contribution in [2.75, 3.05) is 25.7 Å². The minimum absolute atomic E-state index is 0.00111. The first kappa shape index (κ1) is 18.0. The molecule has 0 bridgehead atoms. The molecule has 0 saturated carbocycles. The number of nitrogens with one attached hydrogen (secondary N) is 1. The highest BCUT2D eigenvalue weighted by atomic mass is 35.5.